The summed E-state index contributed by atoms with van der Waals surface area (Å²) in [6.45, 7) is 3.91. The molecule has 0 aliphatic carbocycles. The van der Waals surface area contributed by atoms with E-state index < -0.39 is 21.4 Å². The van der Waals surface area contributed by atoms with Crippen LogP contribution in [-0.4, -0.2) is 32.3 Å². The molecule has 162 valence electrons. The maximum atomic E-state index is 13.1. The minimum atomic E-state index is -3.71. The van der Waals surface area contributed by atoms with Crippen molar-refractivity contribution >= 4 is 16.0 Å². The molecular formula is C25H27NO4S. The number of nitrogens with zero attached hydrogens (tertiary/aromatic N) is 1. The molecule has 31 heavy (non-hydrogen) atoms. The number of carbonyl (C=O) groups excluding carboxylic acids is 1. The number of para-hydroxylation sites is 1. The lowest BCUT2D eigenvalue weighted by Crippen LogP contribution is -2.42. The Kier molecular flexibility index (Phi) is 6.93. The second kappa shape index (κ2) is 9.45. The Morgan fingerprint density at radius 2 is 1.45 bits per heavy atom. The molecule has 0 bridgehead atoms. The number of hydrogen-bond acceptors (Lipinski definition) is 4. The summed E-state index contributed by atoms with van der Waals surface area (Å²) in [6.07, 6.45) is 0.0274. The molecule has 0 radical (unpaired) electrons. The molecule has 0 aliphatic rings. The molecule has 6 heteroatoms. The lowest BCUT2D eigenvalue weighted by Gasteiger charge is -2.33. The van der Waals surface area contributed by atoms with Gasteiger partial charge in [-0.1, -0.05) is 73.2 Å². The Morgan fingerprint density at radius 1 is 0.903 bits per heavy atom. The van der Waals surface area contributed by atoms with E-state index in [2.05, 4.69) is 0 Å². The standard InChI is InChI=1S/C25H27NO4S/c1-20-14-16-23(17-15-20)31(28,29)26(3)19-25(2,21-10-6-4-7-11-21)18-24(27)30-22-12-8-5-9-13-22/h4-17H,18-19H2,1-3H3. The zero-order valence-electron chi connectivity index (χ0n) is 18.0. The zero-order valence-corrected chi connectivity index (χ0v) is 18.8. The van der Waals surface area contributed by atoms with Gasteiger partial charge in [-0.15, -0.1) is 0 Å². The van der Waals surface area contributed by atoms with Crippen LogP contribution in [0.1, 0.15) is 24.5 Å². The van der Waals surface area contributed by atoms with Crippen molar-refractivity contribution in [3.63, 3.8) is 0 Å². The third kappa shape index (κ3) is 5.60. The largest absolute Gasteiger partial charge is 0.427 e. The summed E-state index contributed by atoms with van der Waals surface area (Å²) >= 11 is 0. The van der Waals surface area contributed by atoms with Crippen molar-refractivity contribution < 1.29 is 17.9 Å². The first-order valence-electron chi connectivity index (χ1n) is 10.0. The van der Waals surface area contributed by atoms with Crippen molar-refractivity contribution in [1.82, 2.24) is 4.31 Å². The smallest absolute Gasteiger partial charge is 0.312 e. The molecule has 0 aliphatic heterocycles. The highest BCUT2D eigenvalue weighted by Crippen LogP contribution is 2.31. The first-order chi connectivity index (χ1) is 14.7. The Balaban J connectivity index is 1.86. The van der Waals surface area contributed by atoms with E-state index in [-0.39, 0.29) is 17.9 Å². The van der Waals surface area contributed by atoms with Crippen LogP contribution in [0.15, 0.2) is 89.8 Å². The van der Waals surface area contributed by atoms with Crippen LogP contribution in [0.2, 0.25) is 0 Å². The van der Waals surface area contributed by atoms with E-state index in [1.165, 1.54) is 4.31 Å². The SMILES string of the molecule is Cc1ccc(S(=O)(=O)N(C)CC(C)(CC(=O)Oc2ccccc2)c2ccccc2)cc1. The van der Waals surface area contributed by atoms with Gasteiger partial charge in [0.1, 0.15) is 5.75 Å². The van der Waals surface area contributed by atoms with Crippen molar-refractivity contribution in [2.45, 2.75) is 30.6 Å². The van der Waals surface area contributed by atoms with Crippen molar-refractivity contribution in [2.75, 3.05) is 13.6 Å². The van der Waals surface area contributed by atoms with E-state index >= 15 is 0 Å². The van der Waals surface area contributed by atoms with Crippen LogP contribution in [0.5, 0.6) is 5.75 Å². The number of esters is 1. The summed E-state index contributed by atoms with van der Waals surface area (Å²) in [5.41, 5.74) is 1.07. The molecule has 1 unspecified atom stereocenters. The third-order valence-electron chi connectivity index (χ3n) is 5.28. The molecule has 0 spiro atoms. The average molecular weight is 438 g/mol. The number of hydrogen-bond donors (Lipinski definition) is 0. The van der Waals surface area contributed by atoms with Crippen LogP contribution < -0.4 is 4.74 Å². The number of benzene rings is 3. The molecule has 1 atom stereocenters. The van der Waals surface area contributed by atoms with Crippen LogP contribution in [0.4, 0.5) is 0 Å². The van der Waals surface area contributed by atoms with Crippen LogP contribution in [0.25, 0.3) is 0 Å². The molecule has 0 saturated heterocycles. The lowest BCUT2D eigenvalue weighted by atomic mass is 9.79. The molecule has 0 heterocycles. The van der Waals surface area contributed by atoms with Gasteiger partial charge in [0, 0.05) is 19.0 Å². The predicted octanol–water partition coefficient (Wildman–Crippen LogP) is 4.57. The Bertz CT molecular complexity index is 1110. The first kappa shape index (κ1) is 22.7. The van der Waals surface area contributed by atoms with Gasteiger partial charge < -0.3 is 4.74 Å². The van der Waals surface area contributed by atoms with Gasteiger partial charge in [0.25, 0.3) is 0 Å². The van der Waals surface area contributed by atoms with E-state index in [1.54, 1.807) is 55.6 Å². The third-order valence-corrected chi connectivity index (χ3v) is 7.10. The number of aryl methyl sites for hydroxylation is 1. The zero-order chi connectivity index (χ0) is 22.5. The first-order valence-corrected chi connectivity index (χ1v) is 11.5. The number of rotatable bonds is 8. The fourth-order valence-electron chi connectivity index (χ4n) is 3.53. The van der Waals surface area contributed by atoms with Crippen molar-refractivity contribution in [3.05, 3.63) is 96.1 Å². The number of likely N-dealkylation sites (N-methyl/N-ethyl adjacent to an activating group) is 1. The molecule has 0 aromatic heterocycles. The summed E-state index contributed by atoms with van der Waals surface area (Å²) < 4.78 is 33.1. The number of ether oxygens (including phenoxy) is 1. The summed E-state index contributed by atoms with van der Waals surface area (Å²) in [6, 6.07) is 25.1. The Morgan fingerprint density at radius 3 is 2.03 bits per heavy atom. The molecule has 0 amide bonds. The highest BCUT2D eigenvalue weighted by Gasteiger charge is 2.35. The molecule has 3 aromatic carbocycles. The van der Waals surface area contributed by atoms with Gasteiger partial charge >= 0.3 is 5.97 Å². The molecule has 5 nitrogen and oxygen atoms in total. The lowest BCUT2D eigenvalue weighted by molar-refractivity contribution is -0.135. The fourth-order valence-corrected chi connectivity index (χ4v) is 4.83. The van der Waals surface area contributed by atoms with Crippen LogP contribution in [-0.2, 0) is 20.2 Å². The highest BCUT2D eigenvalue weighted by molar-refractivity contribution is 7.89. The molecule has 0 saturated carbocycles. The average Bonchev–Trinajstić information content (AvgIpc) is 2.75. The van der Waals surface area contributed by atoms with E-state index in [1.807, 2.05) is 50.2 Å². The summed E-state index contributed by atoms with van der Waals surface area (Å²) in [4.78, 5) is 13.0. The highest BCUT2D eigenvalue weighted by atomic mass is 32.2. The quantitative estimate of drug-likeness (QED) is 0.383. The van der Waals surface area contributed by atoms with E-state index in [0.717, 1.165) is 11.1 Å². The predicted molar refractivity (Wildman–Crippen MR) is 121 cm³/mol. The summed E-state index contributed by atoms with van der Waals surface area (Å²) in [5.74, 6) is 0.0437. The van der Waals surface area contributed by atoms with Crippen LogP contribution in [0, 0.1) is 6.92 Å². The van der Waals surface area contributed by atoms with Gasteiger partial charge in [-0.25, -0.2) is 12.7 Å². The maximum absolute atomic E-state index is 13.1. The van der Waals surface area contributed by atoms with Gasteiger partial charge in [0.15, 0.2) is 0 Å². The van der Waals surface area contributed by atoms with Gasteiger partial charge in [0.05, 0.1) is 11.3 Å². The fraction of sp³-hybridized carbons (Fsp3) is 0.240. The number of sulfonamides is 1. The maximum Gasteiger partial charge on any atom is 0.312 e. The van der Waals surface area contributed by atoms with Crippen LogP contribution >= 0.6 is 0 Å². The van der Waals surface area contributed by atoms with Crippen molar-refractivity contribution in [2.24, 2.45) is 0 Å². The molecule has 3 rings (SSSR count). The van der Waals surface area contributed by atoms with Gasteiger partial charge in [0.2, 0.25) is 10.0 Å². The Hall–Kier alpha value is -2.96. The molecule has 3 aromatic rings. The molecular weight excluding hydrogens is 410 g/mol. The monoisotopic (exact) mass is 437 g/mol. The topological polar surface area (TPSA) is 63.7 Å². The van der Waals surface area contributed by atoms with Gasteiger partial charge in [-0.05, 0) is 36.8 Å². The minimum absolute atomic E-state index is 0.0274. The van der Waals surface area contributed by atoms with Crippen molar-refractivity contribution in [3.8, 4) is 5.75 Å². The van der Waals surface area contributed by atoms with E-state index in [9.17, 15) is 13.2 Å². The normalized spacial score (nSPS) is 13.5. The summed E-state index contributed by atoms with van der Waals surface area (Å²) in [5, 5.41) is 0. The van der Waals surface area contributed by atoms with E-state index in [0.29, 0.717) is 5.75 Å². The second-order valence-electron chi connectivity index (χ2n) is 7.96. The second-order valence-corrected chi connectivity index (χ2v) is 10.0. The molecule has 0 fully saturated rings. The van der Waals surface area contributed by atoms with Crippen molar-refractivity contribution in [1.29, 1.82) is 0 Å². The molecule has 0 N–H and O–H groups in total. The Labute approximate surface area is 184 Å². The van der Waals surface area contributed by atoms with Gasteiger partial charge in [-0.3, -0.25) is 4.79 Å². The van der Waals surface area contributed by atoms with Gasteiger partial charge in [-0.2, -0.15) is 0 Å². The summed E-state index contributed by atoms with van der Waals surface area (Å²) in [7, 11) is -2.17. The van der Waals surface area contributed by atoms with Crippen LogP contribution in [0.3, 0.4) is 0 Å². The van der Waals surface area contributed by atoms with E-state index in [4.69, 9.17) is 4.74 Å². The number of carbonyl (C=O) groups is 1. The minimum Gasteiger partial charge on any atom is -0.427 e.